The molecule has 0 aliphatic carbocycles. The molecule has 0 spiro atoms. The van der Waals surface area contributed by atoms with Crippen LogP contribution in [0.15, 0.2) is 0 Å². The summed E-state index contributed by atoms with van der Waals surface area (Å²) < 4.78 is 23.7. The van der Waals surface area contributed by atoms with E-state index in [1.165, 1.54) is 0 Å². The first-order chi connectivity index (χ1) is 5.58. The number of rotatable bonds is 3. The van der Waals surface area contributed by atoms with E-state index in [4.69, 9.17) is 12.2 Å². The minimum Gasteiger partial charge on any atom is -0.353 e. The lowest BCUT2D eigenvalue weighted by atomic mass is 10.2. The first kappa shape index (κ1) is 6.20. The van der Waals surface area contributed by atoms with Gasteiger partial charge < -0.3 is 9.47 Å². The van der Waals surface area contributed by atoms with Gasteiger partial charge >= 0.3 is 0 Å². The number of hydrogen-bond acceptors (Lipinski definition) is 2. The number of hydrogen-bond donors (Lipinski definition) is 0. The van der Waals surface area contributed by atoms with Crippen molar-refractivity contribution >= 4 is 22.6 Å². The van der Waals surface area contributed by atoms with Crippen LogP contribution in [-0.2, 0) is 9.47 Å². The average Bonchev–Trinajstić information content (AvgIpc) is 2.02. The van der Waals surface area contributed by atoms with Crippen molar-refractivity contribution in [1.82, 2.24) is 0 Å². The fourth-order valence-corrected chi connectivity index (χ4v) is 1.15. The lowest BCUT2D eigenvalue weighted by Crippen LogP contribution is -2.22. The minimum atomic E-state index is -1.28. The highest BCUT2D eigenvalue weighted by Crippen LogP contribution is 2.13. The van der Waals surface area contributed by atoms with Crippen LogP contribution in [0.1, 0.15) is 22.0 Å². The van der Waals surface area contributed by atoms with Crippen LogP contribution in [0, 0.1) is 0 Å². The van der Waals surface area contributed by atoms with Gasteiger partial charge in [0.25, 0.3) is 0 Å². The molecule has 0 radical (unpaired) electrons. The smallest absolute Gasteiger partial charge is 0.157 e. The van der Waals surface area contributed by atoms with Crippen LogP contribution in [0.4, 0.5) is 0 Å². The van der Waals surface area contributed by atoms with E-state index in [-0.39, 0.29) is 12.9 Å². The topological polar surface area (TPSA) is 18.5 Å². The summed E-state index contributed by atoms with van der Waals surface area (Å²) in [6.07, 6.45) is 2.93. The van der Waals surface area contributed by atoms with Crippen molar-refractivity contribution in [2.24, 2.45) is 0 Å². The molecule has 0 amide bonds. The maximum absolute atomic E-state index is 7.22. The van der Waals surface area contributed by atoms with Gasteiger partial charge in [-0.1, -0.05) is 22.6 Å². The molecule has 0 bridgehead atoms. The van der Waals surface area contributed by atoms with E-state index in [0.29, 0.717) is 0 Å². The molecular weight excluding hydrogens is 243 g/mol. The van der Waals surface area contributed by atoms with Crippen LogP contribution in [0.3, 0.4) is 0 Å². The van der Waals surface area contributed by atoms with Crippen LogP contribution < -0.4 is 0 Å². The Bertz CT molecular complexity index is 132. The van der Waals surface area contributed by atoms with E-state index in [2.05, 4.69) is 0 Å². The van der Waals surface area contributed by atoms with Gasteiger partial charge in [0.15, 0.2) is 6.29 Å². The number of alkyl halides is 1. The van der Waals surface area contributed by atoms with Crippen LogP contribution in [-0.4, -0.2) is 23.9 Å². The normalized spacial score (nSPS) is 31.1. The van der Waals surface area contributed by atoms with Crippen molar-refractivity contribution in [2.45, 2.75) is 25.6 Å². The maximum Gasteiger partial charge on any atom is 0.157 e. The molecule has 1 saturated heterocycles. The predicted molar refractivity (Wildman–Crippen MR) is 48.4 cm³/mol. The van der Waals surface area contributed by atoms with Gasteiger partial charge in [-0.15, -0.1) is 0 Å². The van der Waals surface area contributed by atoms with Gasteiger partial charge in [0, 0.05) is 13.7 Å². The second kappa shape index (κ2) is 5.32. The van der Waals surface area contributed by atoms with Gasteiger partial charge in [0.2, 0.25) is 0 Å². The second-order valence-electron chi connectivity index (χ2n) is 2.24. The average molecular weight is 258 g/mol. The molecule has 60 valence electrons. The second-order valence-corrected chi connectivity index (χ2v) is 3.00. The van der Waals surface area contributed by atoms with Crippen molar-refractivity contribution in [3.05, 3.63) is 0 Å². The number of halogens is 1. The Balaban J connectivity index is 2.13. The summed E-state index contributed by atoms with van der Waals surface area (Å²) in [5, 5.41) is 0. The standard InChI is InChI=1S/C7H13IO2/c8-4-6-10-7-3-1-2-5-9-7/h7H,1-6H2/i4D2. The zero-order chi connectivity index (χ0) is 9.03. The first-order valence-electron chi connectivity index (χ1n) is 4.50. The fraction of sp³-hybridized carbons (Fsp3) is 1.00. The van der Waals surface area contributed by atoms with Crippen molar-refractivity contribution in [3.8, 4) is 0 Å². The maximum atomic E-state index is 7.22. The highest BCUT2D eigenvalue weighted by atomic mass is 127. The van der Waals surface area contributed by atoms with E-state index < -0.39 is 4.38 Å². The summed E-state index contributed by atoms with van der Waals surface area (Å²) >= 11 is 1.73. The summed E-state index contributed by atoms with van der Waals surface area (Å²) in [6, 6.07) is 0. The van der Waals surface area contributed by atoms with E-state index in [0.717, 1.165) is 25.9 Å². The first-order valence-corrected chi connectivity index (χ1v) is 4.58. The number of ether oxygens (including phenoxy) is 2. The van der Waals surface area contributed by atoms with Gasteiger partial charge in [-0.25, -0.2) is 0 Å². The molecule has 0 N–H and O–H groups in total. The van der Waals surface area contributed by atoms with Gasteiger partial charge in [-0.2, -0.15) is 0 Å². The van der Waals surface area contributed by atoms with E-state index in [1.807, 2.05) is 0 Å². The summed E-state index contributed by atoms with van der Waals surface area (Å²) in [6.45, 7) is 0.854. The molecular formula is C7H13IO2. The third-order valence-corrected chi connectivity index (χ3v) is 1.77. The Morgan fingerprint density at radius 1 is 1.70 bits per heavy atom. The Labute approximate surface area is 78.2 Å². The monoisotopic (exact) mass is 258 g/mol. The molecule has 1 rings (SSSR count). The zero-order valence-electron chi connectivity index (χ0n) is 7.81. The molecule has 1 unspecified atom stereocenters. The molecule has 1 atom stereocenters. The van der Waals surface area contributed by atoms with Crippen LogP contribution >= 0.6 is 22.6 Å². The molecule has 0 aromatic carbocycles. The van der Waals surface area contributed by atoms with Crippen LogP contribution in [0.5, 0.6) is 0 Å². The highest BCUT2D eigenvalue weighted by molar-refractivity contribution is 14.1. The van der Waals surface area contributed by atoms with E-state index in [9.17, 15) is 0 Å². The SMILES string of the molecule is [2H]C([2H])(I)COC1CCCCO1. The minimum absolute atomic E-state index is 0.109. The van der Waals surface area contributed by atoms with Crippen LogP contribution in [0.2, 0.25) is 0 Å². The third-order valence-electron chi connectivity index (χ3n) is 1.46. The molecule has 0 aromatic heterocycles. The van der Waals surface area contributed by atoms with E-state index >= 15 is 0 Å². The van der Waals surface area contributed by atoms with Crippen molar-refractivity contribution in [2.75, 3.05) is 17.6 Å². The Hall–Kier alpha value is 0.650. The molecule has 1 fully saturated rings. The summed E-state index contributed by atoms with van der Waals surface area (Å²) in [7, 11) is 0. The lowest BCUT2D eigenvalue weighted by Gasteiger charge is -2.22. The zero-order valence-corrected chi connectivity index (χ0v) is 7.96. The quantitative estimate of drug-likeness (QED) is 0.569. The largest absolute Gasteiger partial charge is 0.353 e. The molecule has 0 saturated carbocycles. The molecule has 2 nitrogen and oxygen atoms in total. The summed E-state index contributed by atoms with van der Waals surface area (Å²) in [5.41, 5.74) is 0. The Kier molecular flexibility index (Phi) is 3.30. The molecule has 1 aliphatic rings. The van der Waals surface area contributed by atoms with Crippen molar-refractivity contribution in [3.63, 3.8) is 0 Å². The molecule has 1 heterocycles. The summed E-state index contributed by atoms with van der Waals surface area (Å²) in [5.74, 6) is 0. The Morgan fingerprint density at radius 2 is 2.60 bits per heavy atom. The van der Waals surface area contributed by atoms with Gasteiger partial charge in [-0.3, -0.25) is 0 Å². The Morgan fingerprint density at radius 3 is 3.20 bits per heavy atom. The molecule has 3 heteroatoms. The third kappa shape index (κ3) is 3.16. The molecule has 10 heavy (non-hydrogen) atoms. The fourth-order valence-electron chi connectivity index (χ4n) is 0.967. The van der Waals surface area contributed by atoms with E-state index in [1.54, 1.807) is 22.6 Å². The summed E-state index contributed by atoms with van der Waals surface area (Å²) in [4.78, 5) is 0. The highest BCUT2D eigenvalue weighted by Gasteiger charge is 2.12. The van der Waals surface area contributed by atoms with Gasteiger partial charge in [-0.05, 0) is 19.3 Å². The lowest BCUT2D eigenvalue weighted by molar-refractivity contribution is -0.158. The predicted octanol–water partition coefficient (Wildman–Crippen LogP) is 1.96. The van der Waals surface area contributed by atoms with Gasteiger partial charge in [0.05, 0.1) is 6.61 Å². The van der Waals surface area contributed by atoms with Crippen molar-refractivity contribution in [1.29, 1.82) is 0 Å². The van der Waals surface area contributed by atoms with Gasteiger partial charge in [0.1, 0.15) is 0 Å². The molecule has 0 aromatic rings. The van der Waals surface area contributed by atoms with Crippen LogP contribution in [0.25, 0.3) is 0 Å². The molecule has 1 aliphatic heterocycles. The van der Waals surface area contributed by atoms with Crippen molar-refractivity contribution < 1.29 is 12.2 Å².